The zero-order chi connectivity index (χ0) is 31.5. The van der Waals surface area contributed by atoms with E-state index >= 15 is 0 Å². The van der Waals surface area contributed by atoms with Gasteiger partial charge >= 0.3 is 61.5 Å². The van der Waals surface area contributed by atoms with E-state index in [2.05, 4.69) is 9.97 Å². The van der Waals surface area contributed by atoms with Crippen molar-refractivity contribution in [3.8, 4) is 0 Å². The van der Waals surface area contributed by atoms with E-state index in [1.54, 1.807) is 19.9 Å². The number of allylic oxidation sites excluding steroid dienone is 2. The first-order chi connectivity index (χ1) is 18.5. The molecular formula is C25H36Cl4N2O7S2Ti. The van der Waals surface area contributed by atoms with Gasteiger partial charge in [0.2, 0.25) is 5.78 Å². The van der Waals surface area contributed by atoms with E-state index in [1.165, 1.54) is 23.8 Å². The summed E-state index contributed by atoms with van der Waals surface area (Å²) < 4.78 is 9.51. The van der Waals surface area contributed by atoms with Crippen LogP contribution < -0.4 is 0 Å². The van der Waals surface area contributed by atoms with Gasteiger partial charge in [-0.3, -0.25) is 9.59 Å². The molecule has 0 amide bonds. The SMILES string of the molecule is C.CC(C)C=O.CCOC(=O)c1csc(C(=O)/C=C/C(C)C)n1.CCOC(=O)c1csc(C(C)=O)n1.[Cl][Ti]([Cl])([Cl])[Cl]. The molecule has 2 rings (SSSR count). The van der Waals surface area contributed by atoms with Crippen molar-refractivity contribution in [2.24, 2.45) is 11.8 Å². The van der Waals surface area contributed by atoms with Crippen molar-refractivity contribution in [3.05, 3.63) is 44.3 Å². The van der Waals surface area contributed by atoms with Crippen LogP contribution in [-0.2, 0) is 26.6 Å². The van der Waals surface area contributed by atoms with Gasteiger partial charge < -0.3 is 14.3 Å². The molecule has 0 aromatic carbocycles. The average molecular weight is 730 g/mol. The first-order valence-corrected chi connectivity index (χ1v) is 22.0. The van der Waals surface area contributed by atoms with Crippen molar-refractivity contribution >= 4 is 89.7 Å². The number of carbonyl (C=O) groups excluding carboxylic acids is 5. The van der Waals surface area contributed by atoms with Crippen LogP contribution >= 0.6 is 59.9 Å². The number of hydrogen-bond donors (Lipinski definition) is 0. The predicted molar refractivity (Wildman–Crippen MR) is 165 cm³/mol. The molecule has 0 radical (unpaired) electrons. The molecule has 0 spiro atoms. The normalized spacial score (nSPS) is 10.2. The van der Waals surface area contributed by atoms with Gasteiger partial charge in [0, 0.05) is 23.6 Å². The molecule has 0 aliphatic carbocycles. The fourth-order valence-corrected chi connectivity index (χ4v) is 3.17. The monoisotopic (exact) mass is 728 g/mol. The van der Waals surface area contributed by atoms with Crippen molar-refractivity contribution in [1.82, 2.24) is 9.97 Å². The van der Waals surface area contributed by atoms with Gasteiger partial charge in [-0.15, -0.1) is 22.7 Å². The van der Waals surface area contributed by atoms with E-state index in [4.69, 9.17) is 46.7 Å². The maximum absolute atomic E-state index is 11.7. The third-order valence-corrected chi connectivity index (χ3v) is 5.19. The Morgan fingerprint density at radius 2 is 1.22 bits per heavy atom. The Labute approximate surface area is 268 Å². The Hall–Kier alpha value is -1.18. The summed E-state index contributed by atoms with van der Waals surface area (Å²) in [6.45, 7) is 13.1. The number of thiazole rings is 2. The van der Waals surface area contributed by atoms with Gasteiger partial charge in [-0.2, -0.15) is 0 Å². The second-order valence-electron chi connectivity index (χ2n) is 7.85. The Bertz CT molecular complexity index is 1110. The summed E-state index contributed by atoms with van der Waals surface area (Å²) in [6, 6.07) is 0. The van der Waals surface area contributed by atoms with Gasteiger partial charge in [0.15, 0.2) is 27.2 Å². The van der Waals surface area contributed by atoms with E-state index in [1.807, 2.05) is 27.7 Å². The summed E-state index contributed by atoms with van der Waals surface area (Å²) in [7, 11) is 20.1. The summed E-state index contributed by atoms with van der Waals surface area (Å²) >= 11 is -0.810. The molecule has 0 aliphatic heterocycles. The Balaban J connectivity index is -0.000000530. The number of hydrogen-bond acceptors (Lipinski definition) is 11. The van der Waals surface area contributed by atoms with Crippen molar-refractivity contribution in [1.29, 1.82) is 0 Å². The summed E-state index contributed by atoms with van der Waals surface area (Å²) in [6.07, 6.45) is 4.20. The molecule has 9 nitrogen and oxygen atoms in total. The third-order valence-electron chi connectivity index (χ3n) is 3.39. The molecule has 0 N–H and O–H groups in total. The zero-order valence-corrected chi connectivity index (χ0v) is 29.3. The topological polar surface area (TPSA) is 130 Å². The minimum absolute atomic E-state index is 0. The minimum atomic E-state index is -3.11. The van der Waals surface area contributed by atoms with Crippen LogP contribution in [0.1, 0.15) is 96.5 Å². The number of aldehydes is 1. The first-order valence-electron chi connectivity index (χ1n) is 11.7. The molecule has 232 valence electrons. The molecule has 0 saturated carbocycles. The molecule has 2 aromatic rings. The summed E-state index contributed by atoms with van der Waals surface area (Å²) in [5.74, 6) is -0.778. The number of aromatic nitrogens is 2. The van der Waals surface area contributed by atoms with Crippen LogP contribution in [0.15, 0.2) is 22.9 Å². The molecule has 0 unspecified atom stereocenters. The van der Waals surface area contributed by atoms with Gasteiger partial charge in [-0.1, -0.05) is 41.2 Å². The molecule has 2 heterocycles. The fraction of sp³-hybridized carbons (Fsp3) is 0.480. The van der Waals surface area contributed by atoms with Crippen molar-refractivity contribution in [2.45, 2.75) is 55.9 Å². The van der Waals surface area contributed by atoms with Crippen molar-refractivity contribution < 1.29 is 45.8 Å². The van der Waals surface area contributed by atoms with Gasteiger partial charge in [-0.05, 0) is 25.8 Å². The Morgan fingerprint density at radius 1 is 0.854 bits per heavy atom. The second-order valence-corrected chi connectivity index (χ2v) is 25.0. The van der Waals surface area contributed by atoms with Crippen LogP contribution in [0.3, 0.4) is 0 Å². The maximum atomic E-state index is 11.7. The number of esters is 2. The van der Waals surface area contributed by atoms with Crippen LogP contribution in [0.5, 0.6) is 0 Å². The third kappa shape index (κ3) is 25.1. The van der Waals surface area contributed by atoms with E-state index < -0.39 is 24.3 Å². The van der Waals surface area contributed by atoms with E-state index in [9.17, 15) is 24.0 Å². The van der Waals surface area contributed by atoms with Gasteiger partial charge in [0.1, 0.15) is 6.29 Å². The number of rotatable bonds is 9. The van der Waals surface area contributed by atoms with E-state index in [0.717, 1.165) is 29.0 Å². The number of Topliss-reactive ketones (excluding diaryl/α,β-unsaturated/α-hetero) is 1. The molecule has 0 aliphatic rings. The van der Waals surface area contributed by atoms with Crippen molar-refractivity contribution in [2.75, 3.05) is 13.2 Å². The van der Waals surface area contributed by atoms with Crippen LogP contribution in [0, 0.1) is 11.8 Å². The molecular weight excluding hydrogens is 694 g/mol. The summed E-state index contributed by atoms with van der Waals surface area (Å²) in [5.41, 5.74) is 0.398. The second kappa shape index (κ2) is 24.3. The van der Waals surface area contributed by atoms with Crippen LogP contribution in [-0.4, -0.2) is 53.0 Å². The quantitative estimate of drug-likeness (QED) is 0.0820. The molecule has 0 fully saturated rings. The number of ketones is 2. The zero-order valence-electron chi connectivity index (χ0n) is 23.0. The number of halogens is 4. The molecule has 41 heavy (non-hydrogen) atoms. The van der Waals surface area contributed by atoms with Gasteiger partial charge in [-0.25, -0.2) is 19.6 Å². The Kier molecular flexibility index (Phi) is 26.2. The van der Waals surface area contributed by atoms with E-state index in [-0.39, 0.29) is 36.3 Å². The van der Waals surface area contributed by atoms with Gasteiger partial charge in [0.05, 0.1) is 13.2 Å². The van der Waals surface area contributed by atoms with Crippen LogP contribution in [0.25, 0.3) is 0 Å². The number of nitrogens with zero attached hydrogens (tertiary/aromatic N) is 2. The Morgan fingerprint density at radius 3 is 1.51 bits per heavy atom. The van der Waals surface area contributed by atoms with E-state index in [0.29, 0.717) is 29.1 Å². The van der Waals surface area contributed by atoms with Gasteiger partial charge in [0.25, 0.3) is 0 Å². The summed E-state index contributed by atoms with van der Waals surface area (Å²) in [5, 5.41) is 3.71. The molecule has 2 aromatic heterocycles. The molecule has 0 saturated heterocycles. The van der Waals surface area contributed by atoms with Crippen LogP contribution in [0.4, 0.5) is 0 Å². The molecule has 16 heteroatoms. The average Bonchev–Trinajstić information content (AvgIpc) is 3.53. The fourth-order valence-electron chi connectivity index (χ4n) is 1.77. The van der Waals surface area contributed by atoms with Crippen LogP contribution in [0.2, 0.25) is 0 Å². The van der Waals surface area contributed by atoms with Crippen molar-refractivity contribution in [3.63, 3.8) is 0 Å². The standard InChI is InChI=1S/C12H15NO3S.C8H9NO3S.C4H8O.CH4.4ClH.Ti/c1-4-16-12(15)9-7-17-11(13-9)10(14)6-5-8(2)3;1-3-12-8(11)6-4-13-7(9-6)5(2)10;1-4(2)3-5;;;;;;/h5-8H,4H2,1-3H3;4H,3H2,1-2H3;3-4H,1-2H3;1H4;4*1H;/q;;;;;;;;+4/p-4/b6-5+;;;;;;;;. The molecule has 0 bridgehead atoms. The summed E-state index contributed by atoms with van der Waals surface area (Å²) in [4.78, 5) is 62.2. The number of ether oxygens (including phenoxy) is 2. The first kappa shape index (κ1) is 44.3. The molecule has 0 atom stereocenters. The predicted octanol–water partition coefficient (Wildman–Crippen LogP) is 8.47. The number of carbonyl (C=O) groups is 5.